The molecular formula is C17H27N5O2. The Hall–Kier alpha value is -1.92. The molecule has 24 heavy (non-hydrogen) atoms. The smallest absolute Gasteiger partial charge is 0.273 e. The van der Waals surface area contributed by atoms with Crippen LogP contribution < -0.4 is 5.32 Å². The summed E-state index contributed by atoms with van der Waals surface area (Å²) in [5, 5.41) is 11.0. The number of piperidine rings is 1. The Morgan fingerprint density at radius 2 is 2.08 bits per heavy atom. The second-order valence-electron chi connectivity index (χ2n) is 7.40. The number of likely N-dealkylation sites (tertiary alicyclic amines) is 1. The zero-order valence-electron chi connectivity index (χ0n) is 14.6. The molecule has 1 aliphatic carbocycles. The molecule has 3 rings (SSSR count). The SMILES string of the molecule is CC(C)CNC(=O)c1cn([C@@H]2CCCN(C(=O)C3CCC3)C2)nn1. The van der Waals surface area contributed by atoms with Crippen molar-refractivity contribution in [1.82, 2.24) is 25.2 Å². The first-order chi connectivity index (χ1) is 11.5. The van der Waals surface area contributed by atoms with Gasteiger partial charge in [0.05, 0.1) is 12.2 Å². The second-order valence-corrected chi connectivity index (χ2v) is 7.40. The van der Waals surface area contributed by atoms with Crippen molar-refractivity contribution in [2.75, 3.05) is 19.6 Å². The lowest BCUT2D eigenvalue weighted by Gasteiger charge is -2.37. The van der Waals surface area contributed by atoms with Crippen molar-refractivity contribution in [1.29, 1.82) is 0 Å². The van der Waals surface area contributed by atoms with Crippen molar-refractivity contribution < 1.29 is 9.59 Å². The van der Waals surface area contributed by atoms with E-state index in [1.165, 1.54) is 6.42 Å². The van der Waals surface area contributed by atoms with Crippen molar-refractivity contribution in [3.8, 4) is 0 Å². The minimum Gasteiger partial charge on any atom is -0.350 e. The molecule has 1 saturated heterocycles. The zero-order chi connectivity index (χ0) is 17.1. The molecule has 2 amide bonds. The van der Waals surface area contributed by atoms with Crippen molar-refractivity contribution in [2.45, 2.75) is 52.0 Å². The molecule has 0 aromatic carbocycles. The van der Waals surface area contributed by atoms with Gasteiger partial charge in [0.15, 0.2) is 5.69 Å². The average Bonchev–Trinajstić information content (AvgIpc) is 3.01. The molecule has 0 radical (unpaired) electrons. The lowest BCUT2D eigenvalue weighted by atomic mass is 9.84. The maximum Gasteiger partial charge on any atom is 0.273 e. The Morgan fingerprint density at radius 3 is 2.75 bits per heavy atom. The summed E-state index contributed by atoms with van der Waals surface area (Å²) in [5.41, 5.74) is 0.345. The minimum atomic E-state index is -0.187. The summed E-state index contributed by atoms with van der Waals surface area (Å²) in [6, 6.07) is 0.113. The molecule has 1 N–H and O–H groups in total. The van der Waals surface area contributed by atoms with Gasteiger partial charge < -0.3 is 10.2 Å². The Kier molecular flexibility index (Phi) is 5.16. The van der Waals surface area contributed by atoms with E-state index >= 15 is 0 Å². The van der Waals surface area contributed by atoms with E-state index in [4.69, 9.17) is 0 Å². The van der Waals surface area contributed by atoms with Crippen molar-refractivity contribution >= 4 is 11.8 Å². The van der Waals surface area contributed by atoms with Crippen LogP contribution in [0.4, 0.5) is 0 Å². The Labute approximate surface area is 142 Å². The van der Waals surface area contributed by atoms with Gasteiger partial charge in [-0.05, 0) is 31.6 Å². The Balaban J connectivity index is 1.59. The van der Waals surface area contributed by atoms with Crippen molar-refractivity contribution in [3.63, 3.8) is 0 Å². The van der Waals surface area contributed by atoms with Crippen LogP contribution >= 0.6 is 0 Å². The van der Waals surface area contributed by atoms with Crippen molar-refractivity contribution in [3.05, 3.63) is 11.9 Å². The molecule has 1 atom stereocenters. The number of amides is 2. The molecule has 1 aromatic heterocycles. The molecule has 1 aromatic rings. The quantitative estimate of drug-likeness (QED) is 0.888. The van der Waals surface area contributed by atoms with Crippen LogP contribution in [-0.4, -0.2) is 51.3 Å². The van der Waals surface area contributed by atoms with Crippen LogP contribution in [-0.2, 0) is 4.79 Å². The van der Waals surface area contributed by atoms with E-state index in [1.807, 2.05) is 18.7 Å². The van der Waals surface area contributed by atoms with Gasteiger partial charge in [0.25, 0.3) is 5.91 Å². The minimum absolute atomic E-state index is 0.113. The lowest BCUT2D eigenvalue weighted by molar-refractivity contribution is -0.139. The van der Waals surface area contributed by atoms with E-state index in [-0.39, 0.29) is 17.9 Å². The van der Waals surface area contributed by atoms with E-state index in [2.05, 4.69) is 15.6 Å². The fourth-order valence-electron chi connectivity index (χ4n) is 3.23. The number of carbonyl (C=O) groups excluding carboxylic acids is 2. The standard InChI is InChI=1S/C17H27N5O2/c1-12(2)9-18-16(23)15-11-22(20-19-15)14-7-4-8-21(10-14)17(24)13-5-3-6-13/h11-14H,3-10H2,1-2H3,(H,18,23)/t14-/m1/s1. The highest BCUT2D eigenvalue weighted by atomic mass is 16.2. The van der Waals surface area contributed by atoms with Crippen LogP contribution in [0.1, 0.15) is 62.5 Å². The van der Waals surface area contributed by atoms with Gasteiger partial charge >= 0.3 is 0 Å². The molecular weight excluding hydrogens is 306 g/mol. The molecule has 2 fully saturated rings. The molecule has 1 saturated carbocycles. The van der Waals surface area contributed by atoms with Crippen molar-refractivity contribution in [2.24, 2.45) is 11.8 Å². The van der Waals surface area contributed by atoms with Gasteiger partial charge in [-0.1, -0.05) is 25.5 Å². The Bertz CT molecular complexity index is 594. The third-order valence-corrected chi connectivity index (χ3v) is 4.95. The number of aromatic nitrogens is 3. The second kappa shape index (κ2) is 7.32. The third kappa shape index (κ3) is 3.76. The molecule has 2 aliphatic rings. The van der Waals surface area contributed by atoms with E-state index in [0.717, 1.165) is 32.2 Å². The predicted octanol–water partition coefficient (Wildman–Crippen LogP) is 1.63. The van der Waals surface area contributed by atoms with E-state index in [9.17, 15) is 9.59 Å². The predicted molar refractivity (Wildman–Crippen MR) is 89.4 cm³/mol. The normalized spacial score (nSPS) is 21.6. The number of hydrogen-bond donors (Lipinski definition) is 1. The summed E-state index contributed by atoms with van der Waals surface area (Å²) in [6.45, 7) is 6.23. The highest BCUT2D eigenvalue weighted by molar-refractivity contribution is 5.91. The van der Waals surface area contributed by atoms with Gasteiger partial charge in [-0.15, -0.1) is 5.10 Å². The van der Waals surface area contributed by atoms with Gasteiger partial charge in [0.2, 0.25) is 5.91 Å². The average molecular weight is 333 g/mol. The number of carbonyl (C=O) groups is 2. The van der Waals surface area contributed by atoms with Gasteiger partial charge in [0.1, 0.15) is 0 Å². The van der Waals surface area contributed by atoms with Crippen LogP contribution in [0.25, 0.3) is 0 Å². The number of rotatable bonds is 5. The highest BCUT2D eigenvalue weighted by Crippen LogP contribution is 2.30. The number of nitrogens with one attached hydrogen (secondary N) is 1. The van der Waals surface area contributed by atoms with Crippen LogP contribution in [0.2, 0.25) is 0 Å². The Morgan fingerprint density at radius 1 is 1.29 bits per heavy atom. The molecule has 1 aliphatic heterocycles. The summed E-state index contributed by atoms with van der Waals surface area (Å²) >= 11 is 0. The molecule has 7 nitrogen and oxygen atoms in total. The third-order valence-electron chi connectivity index (χ3n) is 4.95. The summed E-state index contributed by atoms with van der Waals surface area (Å²) in [5.74, 6) is 0.736. The topological polar surface area (TPSA) is 80.1 Å². The molecule has 0 unspecified atom stereocenters. The fraction of sp³-hybridized carbons (Fsp3) is 0.765. The summed E-state index contributed by atoms with van der Waals surface area (Å²) in [4.78, 5) is 26.5. The zero-order valence-corrected chi connectivity index (χ0v) is 14.6. The van der Waals surface area contributed by atoms with E-state index < -0.39 is 0 Å². The lowest BCUT2D eigenvalue weighted by Crippen LogP contribution is -2.45. The molecule has 132 valence electrons. The van der Waals surface area contributed by atoms with Gasteiger partial charge in [-0.3, -0.25) is 9.59 Å². The fourth-order valence-corrected chi connectivity index (χ4v) is 3.23. The first kappa shape index (κ1) is 16.9. The molecule has 7 heteroatoms. The number of hydrogen-bond acceptors (Lipinski definition) is 4. The van der Waals surface area contributed by atoms with Gasteiger partial charge in [-0.2, -0.15) is 0 Å². The maximum absolute atomic E-state index is 12.4. The highest BCUT2D eigenvalue weighted by Gasteiger charge is 2.33. The summed E-state index contributed by atoms with van der Waals surface area (Å²) < 4.78 is 1.75. The van der Waals surface area contributed by atoms with Crippen LogP contribution in [0, 0.1) is 11.8 Å². The van der Waals surface area contributed by atoms with E-state index in [0.29, 0.717) is 30.6 Å². The molecule has 0 bridgehead atoms. The number of nitrogens with zero attached hydrogens (tertiary/aromatic N) is 4. The first-order valence-electron chi connectivity index (χ1n) is 9.03. The first-order valence-corrected chi connectivity index (χ1v) is 9.03. The summed E-state index contributed by atoms with van der Waals surface area (Å²) in [6.07, 6.45) is 6.87. The monoisotopic (exact) mass is 333 g/mol. The molecule has 2 heterocycles. The van der Waals surface area contributed by atoms with Crippen LogP contribution in [0.5, 0.6) is 0 Å². The van der Waals surface area contributed by atoms with Crippen LogP contribution in [0.3, 0.4) is 0 Å². The summed E-state index contributed by atoms with van der Waals surface area (Å²) in [7, 11) is 0. The van der Waals surface area contributed by atoms with E-state index in [1.54, 1.807) is 10.9 Å². The maximum atomic E-state index is 12.4. The van der Waals surface area contributed by atoms with Crippen LogP contribution in [0.15, 0.2) is 6.20 Å². The molecule has 0 spiro atoms. The van der Waals surface area contributed by atoms with Gasteiger partial charge in [0, 0.05) is 25.6 Å². The largest absolute Gasteiger partial charge is 0.350 e. The van der Waals surface area contributed by atoms with Gasteiger partial charge in [-0.25, -0.2) is 4.68 Å².